The number of likely N-dealkylation sites (N-methyl/N-ethyl adjacent to an activating group) is 1. The minimum Gasteiger partial charge on any atom is -0.506 e. The third-order valence-corrected chi connectivity index (χ3v) is 2.62. The largest absolute Gasteiger partial charge is 0.506 e. The smallest absolute Gasteiger partial charge is 0.248 e. The lowest BCUT2D eigenvalue weighted by Crippen LogP contribution is -2.52. The molecule has 1 fully saturated rings. The number of amides is 2. The number of nitrogens with zero attached hydrogens (tertiary/aromatic N) is 2. The predicted molar refractivity (Wildman–Crippen MR) is 58.1 cm³/mol. The van der Waals surface area contributed by atoms with Gasteiger partial charge in [-0.2, -0.15) is 0 Å². The van der Waals surface area contributed by atoms with Crippen molar-refractivity contribution in [2.45, 2.75) is 0 Å². The van der Waals surface area contributed by atoms with Crippen LogP contribution in [-0.4, -0.2) is 42.0 Å². The Kier molecular flexibility index (Phi) is 2.52. The van der Waals surface area contributed by atoms with Gasteiger partial charge < -0.3 is 10.0 Å². The van der Waals surface area contributed by atoms with Gasteiger partial charge in [-0.1, -0.05) is 12.1 Å². The van der Waals surface area contributed by atoms with Crippen molar-refractivity contribution in [3.8, 4) is 5.75 Å². The van der Waals surface area contributed by atoms with Crippen LogP contribution in [0.1, 0.15) is 0 Å². The molecule has 0 spiro atoms. The zero-order chi connectivity index (χ0) is 11.7. The summed E-state index contributed by atoms with van der Waals surface area (Å²) in [5, 5.41) is 9.62. The van der Waals surface area contributed by atoms with E-state index in [0.717, 1.165) is 4.90 Å². The Labute approximate surface area is 92.9 Å². The standard InChI is InChI=1S/C11H12N2O3/c1-12-10(15)6-13(7-11(12)16)8-4-2-3-5-9(8)14/h2-5,14H,6-7H2,1H3. The first kappa shape index (κ1) is 10.5. The highest BCUT2D eigenvalue weighted by atomic mass is 16.3. The maximum absolute atomic E-state index is 11.5. The summed E-state index contributed by atoms with van der Waals surface area (Å²) in [6.07, 6.45) is 0. The molecule has 1 N–H and O–H groups in total. The number of piperazine rings is 1. The molecule has 0 bridgehead atoms. The number of aromatic hydroxyl groups is 1. The Hall–Kier alpha value is -2.04. The van der Waals surface area contributed by atoms with Gasteiger partial charge in [0.15, 0.2) is 0 Å². The molecule has 1 aromatic rings. The molecule has 2 rings (SSSR count). The van der Waals surface area contributed by atoms with Crippen molar-refractivity contribution in [3.05, 3.63) is 24.3 Å². The summed E-state index contributed by atoms with van der Waals surface area (Å²) in [4.78, 5) is 25.6. The molecule has 0 saturated carbocycles. The minimum absolute atomic E-state index is 0.0765. The molecular weight excluding hydrogens is 208 g/mol. The quantitative estimate of drug-likeness (QED) is 0.687. The van der Waals surface area contributed by atoms with Gasteiger partial charge in [-0.25, -0.2) is 0 Å². The van der Waals surface area contributed by atoms with Crippen molar-refractivity contribution in [3.63, 3.8) is 0 Å². The summed E-state index contributed by atoms with van der Waals surface area (Å²) in [5.74, 6) is -0.452. The number of para-hydroxylation sites is 2. The van der Waals surface area contributed by atoms with Crippen LogP contribution in [-0.2, 0) is 9.59 Å². The molecule has 0 atom stereocenters. The van der Waals surface area contributed by atoms with Gasteiger partial charge in [0, 0.05) is 7.05 Å². The van der Waals surface area contributed by atoms with Gasteiger partial charge in [-0.15, -0.1) is 0 Å². The van der Waals surface area contributed by atoms with Gasteiger partial charge in [-0.3, -0.25) is 14.5 Å². The molecule has 5 nitrogen and oxygen atoms in total. The molecule has 0 radical (unpaired) electrons. The zero-order valence-corrected chi connectivity index (χ0v) is 8.88. The maximum atomic E-state index is 11.5. The highest BCUT2D eigenvalue weighted by molar-refractivity contribution is 6.02. The summed E-state index contributed by atoms with van der Waals surface area (Å²) in [5.41, 5.74) is 0.511. The Balaban J connectivity index is 2.27. The average molecular weight is 220 g/mol. The second-order valence-corrected chi connectivity index (χ2v) is 3.69. The molecule has 0 unspecified atom stereocenters. The fourth-order valence-electron chi connectivity index (χ4n) is 1.64. The Morgan fingerprint density at radius 2 is 1.69 bits per heavy atom. The maximum Gasteiger partial charge on any atom is 0.248 e. The highest BCUT2D eigenvalue weighted by Gasteiger charge is 2.29. The SMILES string of the molecule is CN1C(=O)CN(c2ccccc2O)CC1=O. The summed E-state index contributed by atoms with van der Waals surface area (Å²) in [7, 11) is 1.47. The molecule has 84 valence electrons. The van der Waals surface area contributed by atoms with Gasteiger partial charge in [0.2, 0.25) is 11.8 Å². The summed E-state index contributed by atoms with van der Waals surface area (Å²) >= 11 is 0. The monoisotopic (exact) mass is 220 g/mol. The topological polar surface area (TPSA) is 60.9 Å². The predicted octanol–water partition coefficient (Wildman–Crippen LogP) is 0.197. The van der Waals surface area contributed by atoms with Crippen LogP contribution in [0.4, 0.5) is 5.69 Å². The van der Waals surface area contributed by atoms with Crippen molar-refractivity contribution in [2.75, 3.05) is 25.0 Å². The Morgan fingerprint density at radius 1 is 1.12 bits per heavy atom. The summed E-state index contributed by atoms with van der Waals surface area (Å²) in [6.45, 7) is 0.222. The van der Waals surface area contributed by atoms with Crippen LogP contribution < -0.4 is 4.90 Å². The number of benzene rings is 1. The van der Waals surface area contributed by atoms with E-state index in [2.05, 4.69) is 0 Å². The minimum atomic E-state index is -0.264. The van der Waals surface area contributed by atoms with E-state index >= 15 is 0 Å². The molecule has 16 heavy (non-hydrogen) atoms. The molecule has 1 heterocycles. The number of hydrogen-bond donors (Lipinski definition) is 1. The van der Waals surface area contributed by atoms with Gasteiger partial charge in [0.05, 0.1) is 18.8 Å². The van der Waals surface area contributed by atoms with E-state index in [0.29, 0.717) is 5.69 Å². The second-order valence-electron chi connectivity index (χ2n) is 3.69. The number of phenols is 1. The van der Waals surface area contributed by atoms with Gasteiger partial charge >= 0.3 is 0 Å². The molecule has 1 aliphatic rings. The Morgan fingerprint density at radius 3 is 2.25 bits per heavy atom. The van der Waals surface area contributed by atoms with E-state index in [-0.39, 0.29) is 30.7 Å². The van der Waals surface area contributed by atoms with E-state index in [4.69, 9.17) is 0 Å². The summed E-state index contributed by atoms with van der Waals surface area (Å²) < 4.78 is 0. The van der Waals surface area contributed by atoms with Crippen molar-refractivity contribution < 1.29 is 14.7 Å². The van der Waals surface area contributed by atoms with E-state index in [1.54, 1.807) is 23.1 Å². The lowest BCUT2D eigenvalue weighted by Gasteiger charge is -2.32. The van der Waals surface area contributed by atoms with E-state index in [1.807, 2.05) is 0 Å². The molecular formula is C11H12N2O3. The number of hydrogen-bond acceptors (Lipinski definition) is 4. The third kappa shape index (κ3) is 1.71. The van der Waals surface area contributed by atoms with Crippen LogP contribution in [0.3, 0.4) is 0 Å². The molecule has 0 aliphatic carbocycles. The number of rotatable bonds is 1. The lowest BCUT2D eigenvalue weighted by atomic mass is 10.2. The van der Waals surface area contributed by atoms with Gasteiger partial charge in [0.1, 0.15) is 5.75 Å². The van der Waals surface area contributed by atoms with Crippen LogP contribution in [0.15, 0.2) is 24.3 Å². The molecule has 2 amide bonds. The van der Waals surface area contributed by atoms with Crippen LogP contribution in [0.25, 0.3) is 0 Å². The molecule has 5 heteroatoms. The number of carbonyl (C=O) groups excluding carboxylic acids is 2. The first-order chi connectivity index (χ1) is 7.59. The molecule has 1 aromatic carbocycles. The number of carbonyl (C=O) groups is 2. The number of anilines is 1. The van der Waals surface area contributed by atoms with Crippen molar-refractivity contribution in [2.24, 2.45) is 0 Å². The Bertz CT molecular complexity index is 427. The normalized spacial score (nSPS) is 16.8. The van der Waals surface area contributed by atoms with Crippen LogP contribution in [0, 0.1) is 0 Å². The first-order valence-electron chi connectivity index (χ1n) is 4.92. The highest BCUT2D eigenvalue weighted by Crippen LogP contribution is 2.27. The molecule has 1 aliphatic heterocycles. The third-order valence-electron chi connectivity index (χ3n) is 2.62. The zero-order valence-electron chi connectivity index (χ0n) is 8.88. The number of phenolic OH excluding ortho intramolecular Hbond substituents is 1. The first-order valence-corrected chi connectivity index (χ1v) is 4.92. The van der Waals surface area contributed by atoms with E-state index in [1.165, 1.54) is 13.1 Å². The van der Waals surface area contributed by atoms with Gasteiger partial charge in [0.25, 0.3) is 0 Å². The van der Waals surface area contributed by atoms with Crippen LogP contribution >= 0.6 is 0 Å². The lowest BCUT2D eigenvalue weighted by molar-refractivity contribution is -0.143. The fourth-order valence-corrected chi connectivity index (χ4v) is 1.64. The van der Waals surface area contributed by atoms with Crippen LogP contribution in [0.2, 0.25) is 0 Å². The molecule has 0 aromatic heterocycles. The van der Waals surface area contributed by atoms with Crippen molar-refractivity contribution in [1.29, 1.82) is 0 Å². The van der Waals surface area contributed by atoms with E-state index < -0.39 is 0 Å². The van der Waals surface area contributed by atoms with Crippen molar-refractivity contribution >= 4 is 17.5 Å². The molecule has 1 saturated heterocycles. The van der Waals surface area contributed by atoms with Gasteiger partial charge in [-0.05, 0) is 12.1 Å². The average Bonchev–Trinajstić information content (AvgIpc) is 2.26. The number of imide groups is 1. The van der Waals surface area contributed by atoms with E-state index in [9.17, 15) is 14.7 Å². The fraction of sp³-hybridized carbons (Fsp3) is 0.273. The summed E-state index contributed by atoms with van der Waals surface area (Å²) in [6, 6.07) is 6.66. The van der Waals surface area contributed by atoms with Crippen LogP contribution in [0.5, 0.6) is 5.75 Å². The second kappa shape index (κ2) is 3.84. The van der Waals surface area contributed by atoms with Crippen molar-refractivity contribution in [1.82, 2.24) is 4.90 Å².